The lowest BCUT2D eigenvalue weighted by atomic mass is 10.2. The van der Waals surface area contributed by atoms with E-state index in [-0.39, 0.29) is 11.5 Å². The number of thiazole rings is 1. The SMILES string of the molecule is Cc1sc(-c2cc(F)cc(Br)c2)nc1C(=O)O. The van der Waals surface area contributed by atoms with Crippen LogP contribution in [0.15, 0.2) is 22.7 Å². The van der Waals surface area contributed by atoms with Crippen molar-refractivity contribution >= 4 is 33.2 Å². The highest BCUT2D eigenvalue weighted by Gasteiger charge is 2.15. The molecule has 1 heterocycles. The number of hydrogen-bond donors (Lipinski definition) is 1. The van der Waals surface area contributed by atoms with E-state index in [9.17, 15) is 9.18 Å². The van der Waals surface area contributed by atoms with Crippen molar-refractivity contribution < 1.29 is 14.3 Å². The Morgan fingerprint density at radius 1 is 1.47 bits per heavy atom. The predicted molar refractivity (Wildman–Crippen MR) is 66.9 cm³/mol. The van der Waals surface area contributed by atoms with Crippen molar-refractivity contribution in [2.45, 2.75) is 6.92 Å². The molecular formula is C11H7BrFNO2S. The maximum atomic E-state index is 13.2. The third-order valence-corrected chi connectivity index (χ3v) is 3.59. The number of benzene rings is 1. The van der Waals surface area contributed by atoms with Gasteiger partial charge in [0.15, 0.2) is 5.69 Å². The molecule has 0 aliphatic rings. The topological polar surface area (TPSA) is 50.2 Å². The fraction of sp³-hybridized carbons (Fsp3) is 0.0909. The summed E-state index contributed by atoms with van der Waals surface area (Å²) in [7, 11) is 0. The highest BCUT2D eigenvalue weighted by Crippen LogP contribution is 2.30. The molecule has 88 valence electrons. The number of carbonyl (C=O) groups is 1. The highest BCUT2D eigenvalue weighted by atomic mass is 79.9. The van der Waals surface area contributed by atoms with Crippen molar-refractivity contribution in [3.05, 3.63) is 39.1 Å². The fourth-order valence-electron chi connectivity index (χ4n) is 1.40. The van der Waals surface area contributed by atoms with E-state index in [2.05, 4.69) is 20.9 Å². The molecule has 0 atom stereocenters. The summed E-state index contributed by atoms with van der Waals surface area (Å²) < 4.78 is 13.8. The van der Waals surface area contributed by atoms with E-state index in [0.29, 0.717) is 19.9 Å². The van der Waals surface area contributed by atoms with Crippen molar-refractivity contribution in [3.8, 4) is 10.6 Å². The zero-order valence-electron chi connectivity index (χ0n) is 8.70. The summed E-state index contributed by atoms with van der Waals surface area (Å²) in [6.45, 7) is 1.68. The Balaban J connectivity index is 2.53. The van der Waals surface area contributed by atoms with Crippen LogP contribution in [0, 0.1) is 12.7 Å². The molecule has 1 N–H and O–H groups in total. The van der Waals surface area contributed by atoms with Gasteiger partial charge in [-0.05, 0) is 25.1 Å². The second kappa shape index (κ2) is 4.54. The summed E-state index contributed by atoms with van der Waals surface area (Å²) in [4.78, 5) is 15.5. The summed E-state index contributed by atoms with van der Waals surface area (Å²) in [6, 6.07) is 4.36. The molecule has 0 aliphatic heterocycles. The van der Waals surface area contributed by atoms with Gasteiger partial charge >= 0.3 is 5.97 Å². The number of aryl methyl sites for hydroxylation is 1. The van der Waals surface area contributed by atoms with E-state index in [1.165, 1.54) is 23.5 Å². The van der Waals surface area contributed by atoms with Gasteiger partial charge in [-0.15, -0.1) is 11.3 Å². The van der Waals surface area contributed by atoms with E-state index in [0.717, 1.165) is 0 Å². The Kier molecular flexibility index (Phi) is 3.26. The van der Waals surface area contributed by atoms with Gasteiger partial charge in [-0.2, -0.15) is 0 Å². The van der Waals surface area contributed by atoms with E-state index in [4.69, 9.17) is 5.11 Å². The molecule has 3 nitrogen and oxygen atoms in total. The molecule has 0 amide bonds. The number of rotatable bonds is 2. The second-order valence-corrected chi connectivity index (χ2v) is 5.51. The minimum atomic E-state index is -1.07. The number of hydrogen-bond acceptors (Lipinski definition) is 3. The van der Waals surface area contributed by atoms with Crippen molar-refractivity contribution in [3.63, 3.8) is 0 Å². The quantitative estimate of drug-likeness (QED) is 0.919. The summed E-state index contributed by atoms with van der Waals surface area (Å²) in [5.41, 5.74) is 0.586. The number of halogens is 2. The minimum absolute atomic E-state index is 0.0189. The van der Waals surface area contributed by atoms with Gasteiger partial charge in [0.1, 0.15) is 10.8 Å². The molecule has 0 unspecified atom stereocenters. The molecule has 1 aromatic heterocycles. The third-order valence-electron chi connectivity index (χ3n) is 2.11. The molecule has 6 heteroatoms. The van der Waals surface area contributed by atoms with Crippen molar-refractivity contribution in [1.82, 2.24) is 4.98 Å². The van der Waals surface area contributed by atoms with Crippen LogP contribution in [0.4, 0.5) is 4.39 Å². The number of carboxylic acids is 1. The minimum Gasteiger partial charge on any atom is -0.476 e. The van der Waals surface area contributed by atoms with Crippen LogP contribution < -0.4 is 0 Å². The zero-order chi connectivity index (χ0) is 12.6. The van der Waals surface area contributed by atoms with Gasteiger partial charge in [0.2, 0.25) is 0 Å². The zero-order valence-corrected chi connectivity index (χ0v) is 11.1. The smallest absolute Gasteiger partial charge is 0.355 e. The standard InChI is InChI=1S/C11H7BrFNO2S/c1-5-9(11(15)16)14-10(17-5)6-2-7(12)4-8(13)3-6/h2-4H,1H3,(H,15,16). The monoisotopic (exact) mass is 315 g/mol. The first-order valence-corrected chi connectivity index (χ1v) is 6.25. The molecule has 0 saturated carbocycles. The van der Waals surface area contributed by atoms with Gasteiger partial charge < -0.3 is 5.11 Å². The van der Waals surface area contributed by atoms with Crippen LogP contribution in [0.5, 0.6) is 0 Å². The molecule has 0 aliphatic carbocycles. The Morgan fingerprint density at radius 2 is 2.18 bits per heavy atom. The molecule has 17 heavy (non-hydrogen) atoms. The largest absolute Gasteiger partial charge is 0.476 e. The molecule has 0 radical (unpaired) electrons. The number of carboxylic acid groups (broad SMARTS) is 1. The average Bonchev–Trinajstić information content (AvgIpc) is 2.59. The van der Waals surface area contributed by atoms with Crippen LogP contribution >= 0.6 is 27.3 Å². The first kappa shape index (κ1) is 12.2. The first-order valence-electron chi connectivity index (χ1n) is 4.64. The Labute approximate surface area is 109 Å². The Morgan fingerprint density at radius 3 is 2.71 bits per heavy atom. The molecule has 1 aromatic carbocycles. The number of aromatic nitrogens is 1. The first-order chi connectivity index (χ1) is 7.97. The summed E-state index contributed by atoms with van der Waals surface area (Å²) in [6.07, 6.45) is 0. The van der Waals surface area contributed by atoms with E-state index < -0.39 is 5.97 Å². The van der Waals surface area contributed by atoms with Crippen LogP contribution in [-0.2, 0) is 0 Å². The maximum Gasteiger partial charge on any atom is 0.355 e. The van der Waals surface area contributed by atoms with Crippen LogP contribution in [0.25, 0.3) is 10.6 Å². The Hall–Kier alpha value is -1.27. The summed E-state index contributed by atoms with van der Waals surface area (Å²) in [5, 5.41) is 9.40. The Bertz CT molecular complexity index is 577. The molecule has 2 aromatic rings. The van der Waals surface area contributed by atoms with Crippen LogP contribution in [0.2, 0.25) is 0 Å². The average molecular weight is 316 g/mol. The molecule has 0 bridgehead atoms. The normalized spacial score (nSPS) is 10.5. The van der Waals surface area contributed by atoms with Gasteiger partial charge in [0.05, 0.1) is 0 Å². The van der Waals surface area contributed by atoms with Gasteiger partial charge in [0.25, 0.3) is 0 Å². The highest BCUT2D eigenvalue weighted by molar-refractivity contribution is 9.10. The summed E-state index contributed by atoms with van der Waals surface area (Å²) in [5.74, 6) is -1.46. The second-order valence-electron chi connectivity index (χ2n) is 3.39. The number of aromatic carboxylic acids is 1. The van der Waals surface area contributed by atoms with Crippen LogP contribution in [0.3, 0.4) is 0 Å². The number of nitrogens with zero attached hydrogens (tertiary/aromatic N) is 1. The van der Waals surface area contributed by atoms with Crippen LogP contribution in [0.1, 0.15) is 15.4 Å². The van der Waals surface area contributed by atoms with Crippen molar-refractivity contribution in [1.29, 1.82) is 0 Å². The molecule has 0 fully saturated rings. The van der Waals surface area contributed by atoms with Gasteiger partial charge in [0, 0.05) is 14.9 Å². The van der Waals surface area contributed by atoms with Gasteiger partial charge in [-0.3, -0.25) is 0 Å². The molecule has 0 spiro atoms. The third kappa shape index (κ3) is 2.53. The lowest BCUT2D eigenvalue weighted by Crippen LogP contribution is -1.98. The lowest BCUT2D eigenvalue weighted by molar-refractivity contribution is 0.0690. The van der Waals surface area contributed by atoms with Crippen molar-refractivity contribution in [2.75, 3.05) is 0 Å². The van der Waals surface area contributed by atoms with Crippen molar-refractivity contribution in [2.24, 2.45) is 0 Å². The predicted octanol–water partition coefficient (Wildman–Crippen LogP) is 3.72. The summed E-state index contributed by atoms with van der Waals surface area (Å²) >= 11 is 4.42. The molecular weight excluding hydrogens is 309 g/mol. The molecule has 0 saturated heterocycles. The van der Waals surface area contributed by atoms with E-state index in [1.54, 1.807) is 13.0 Å². The maximum absolute atomic E-state index is 13.2. The van der Waals surface area contributed by atoms with E-state index >= 15 is 0 Å². The van der Waals surface area contributed by atoms with Gasteiger partial charge in [-0.25, -0.2) is 14.2 Å². The van der Waals surface area contributed by atoms with Gasteiger partial charge in [-0.1, -0.05) is 15.9 Å². The van der Waals surface area contributed by atoms with E-state index in [1.807, 2.05) is 0 Å². The lowest BCUT2D eigenvalue weighted by Gasteiger charge is -1.97. The molecule has 2 rings (SSSR count). The van der Waals surface area contributed by atoms with Crippen LogP contribution in [-0.4, -0.2) is 16.1 Å². The fourth-order valence-corrected chi connectivity index (χ4v) is 2.75.